The Balaban J connectivity index is 1.88. The zero-order valence-corrected chi connectivity index (χ0v) is 18.1. The predicted molar refractivity (Wildman–Crippen MR) is 120 cm³/mol. The van der Waals surface area contributed by atoms with Crippen molar-refractivity contribution in [1.29, 1.82) is 0 Å². The van der Waals surface area contributed by atoms with Crippen LogP contribution in [0.25, 0.3) is 11.1 Å². The molecule has 2 atom stereocenters. The maximum atomic E-state index is 13.6. The molecule has 1 N–H and O–H groups in total. The summed E-state index contributed by atoms with van der Waals surface area (Å²) in [5, 5.41) is 2.66. The van der Waals surface area contributed by atoms with E-state index in [2.05, 4.69) is 5.32 Å². The van der Waals surface area contributed by atoms with Crippen LogP contribution < -0.4 is 5.32 Å². The van der Waals surface area contributed by atoms with E-state index in [9.17, 15) is 14.4 Å². The van der Waals surface area contributed by atoms with Crippen LogP contribution in [0.3, 0.4) is 0 Å². The van der Waals surface area contributed by atoms with Crippen molar-refractivity contribution in [3.05, 3.63) is 95.6 Å². The Morgan fingerprint density at radius 1 is 0.788 bits per heavy atom. The van der Waals surface area contributed by atoms with E-state index in [0.29, 0.717) is 0 Å². The van der Waals surface area contributed by atoms with Crippen LogP contribution in [0.4, 0.5) is 4.79 Å². The van der Waals surface area contributed by atoms with Gasteiger partial charge >= 0.3 is 18.0 Å². The van der Waals surface area contributed by atoms with Crippen molar-refractivity contribution in [2.45, 2.75) is 17.6 Å². The molecule has 1 fully saturated rings. The fourth-order valence-electron chi connectivity index (χ4n) is 5.20. The first-order valence-corrected chi connectivity index (χ1v) is 10.6. The number of esters is 2. The van der Waals surface area contributed by atoms with E-state index in [4.69, 9.17) is 9.47 Å². The number of benzene rings is 3. The highest BCUT2D eigenvalue weighted by molar-refractivity contribution is 5.99. The largest absolute Gasteiger partial charge is 0.467 e. The van der Waals surface area contributed by atoms with Crippen LogP contribution in [0.15, 0.2) is 78.9 Å². The van der Waals surface area contributed by atoms with Crippen LogP contribution >= 0.6 is 0 Å². The molecule has 0 saturated carbocycles. The molecule has 1 aliphatic heterocycles. The number of amides is 2. The van der Waals surface area contributed by atoms with Crippen LogP contribution in [0, 0.1) is 0 Å². The Morgan fingerprint density at radius 3 is 1.85 bits per heavy atom. The lowest BCUT2D eigenvalue weighted by Crippen LogP contribution is -2.56. The lowest BCUT2D eigenvalue weighted by molar-refractivity contribution is -0.153. The highest BCUT2D eigenvalue weighted by atomic mass is 16.5. The van der Waals surface area contributed by atoms with Gasteiger partial charge in [-0.25, -0.2) is 14.4 Å². The number of methoxy groups -OCH3 is 2. The molecule has 1 heterocycles. The van der Waals surface area contributed by atoms with E-state index < -0.39 is 35.6 Å². The minimum absolute atomic E-state index is 0.559. The van der Waals surface area contributed by atoms with Crippen LogP contribution in [-0.2, 0) is 24.6 Å². The first kappa shape index (κ1) is 20.8. The van der Waals surface area contributed by atoms with Gasteiger partial charge in [0.25, 0.3) is 0 Å². The summed E-state index contributed by atoms with van der Waals surface area (Å²) in [5.74, 6) is -1.43. The molecule has 2 amide bonds. The van der Waals surface area contributed by atoms with Gasteiger partial charge in [-0.1, -0.05) is 78.9 Å². The SMILES string of the molecule is COC(=O)[C@@H]1[C@H](C(=O)OC)NC(=O)N1C1(c2ccccc2)c2ccccc2-c2ccccc21. The topological polar surface area (TPSA) is 84.9 Å². The minimum atomic E-state index is -1.24. The number of hydrogen-bond donors (Lipinski definition) is 1. The average Bonchev–Trinajstić information content (AvgIpc) is 3.36. The number of carbonyl (C=O) groups excluding carboxylic acids is 3. The molecule has 3 aromatic carbocycles. The fourth-order valence-corrected chi connectivity index (χ4v) is 5.20. The fraction of sp³-hybridized carbons (Fsp3) is 0.192. The normalized spacial score (nSPS) is 19.9. The molecular weight excluding hydrogens is 420 g/mol. The van der Waals surface area contributed by atoms with Crippen molar-refractivity contribution < 1.29 is 23.9 Å². The zero-order valence-electron chi connectivity index (χ0n) is 18.1. The van der Waals surface area contributed by atoms with Gasteiger partial charge in [0.05, 0.1) is 14.2 Å². The number of urea groups is 1. The molecule has 1 saturated heterocycles. The standard InChI is InChI=1S/C26H22N2O5/c1-32-23(29)21-22(24(30)33-2)28(25(31)27-21)26(16-10-4-3-5-11-16)19-14-8-6-12-17(19)18-13-7-9-15-20(18)26/h3-15,21-22H,1-2H3,(H,27,31)/t21-,22+/m1/s1. The molecule has 7 heteroatoms. The van der Waals surface area contributed by atoms with Gasteiger partial charge in [0.2, 0.25) is 0 Å². The molecule has 0 spiro atoms. The molecular formula is C26H22N2O5. The molecule has 1 aliphatic carbocycles. The summed E-state index contributed by atoms with van der Waals surface area (Å²) in [4.78, 5) is 40.8. The number of hydrogen-bond acceptors (Lipinski definition) is 5. The second-order valence-corrected chi connectivity index (χ2v) is 7.96. The predicted octanol–water partition coefficient (Wildman–Crippen LogP) is 3.07. The Labute approximate surface area is 190 Å². The third kappa shape index (κ3) is 2.78. The summed E-state index contributed by atoms with van der Waals surface area (Å²) in [6, 6.07) is 22.1. The molecule has 2 aliphatic rings. The van der Waals surface area contributed by atoms with Gasteiger partial charge in [-0.2, -0.15) is 0 Å². The second-order valence-electron chi connectivity index (χ2n) is 7.96. The molecule has 5 rings (SSSR count). The Hall–Kier alpha value is -4.13. The van der Waals surface area contributed by atoms with E-state index >= 15 is 0 Å². The number of nitrogens with zero attached hydrogens (tertiary/aromatic N) is 1. The first-order chi connectivity index (χ1) is 16.1. The monoisotopic (exact) mass is 442 g/mol. The van der Waals surface area contributed by atoms with Gasteiger partial charge in [-0.15, -0.1) is 0 Å². The van der Waals surface area contributed by atoms with Crippen LogP contribution in [0.5, 0.6) is 0 Å². The number of fused-ring (bicyclic) bond motifs is 3. The number of carbonyl (C=O) groups is 3. The van der Waals surface area contributed by atoms with Crippen molar-refractivity contribution in [3.63, 3.8) is 0 Å². The number of rotatable bonds is 4. The molecule has 0 unspecified atom stereocenters. The van der Waals surface area contributed by atoms with Gasteiger partial charge in [0, 0.05) is 0 Å². The van der Waals surface area contributed by atoms with Gasteiger partial charge in [0.1, 0.15) is 5.54 Å². The Morgan fingerprint density at radius 2 is 1.30 bits per heavy atom. The molecule has 33 heavy (non-hydrogen) atoms. The van der Waals surface area contributed by atoms with Gasteiger partial charge in [0.15, 0.2) is 12.1 Å². The molecule has 0 radical (unpaired) electrons. The summed E-state index contributed by atoms with van der Waals surface area (Å²) in [6.07, 6.45) is 0. The Bertz CT molecular complexity index is 1210. The highest BCUT2D eigenvalue weighted by Crippen LogP contribution is 2.55. The third-order valence-electron chi connectivity index (χ3n) is 6.47. The van der Waals surface area contributed by atoms with Crippen LogP contribution in [0.2, 0.25) is 0 Å². The average molecular weight is 442 g/mol. The van der Waals surface area contributed by atoms with Crippen LogP contribution in [0.1, 0.15) is 16.7 Å². The summed E-state index contributed by atoms with van der Waals surface area (Å²) in [6.45, 7) is 0. The van der Waals surface area contributed by atoms with Crippen molar-refractivity contribution in [2.24, 2.45) is 0 Å². The van der Waals surface area contributed by atoms with Crippen molar-refractivity contribution >= 4 is 18.0 Å². The van der Waals surface area contributed by atoms with E-state index in [-0.39, 0.29) is 0 Å². The molecule has 7 nitrogen and oxygen atoms in total. The summed E-state index contributed by atoms with van der Waals surface area (Å²) in [7, 11) is 2.46. The smallest absolute Gasteiger partial charge is 0.331 e. The lowest BCUT2D eigenvalue weighted by Gasteiger charge is -2.43. The van der Waals surface area contributed by atoms with Crippen LogP contribution in [-0.4, -0.2) is 49.2 Å². The highest BCUT2D eigenvalue weighted by Gasteiger charge is 2.61. The molecule has 0 aromatic heterocycles. The molecule has 166 valence electrons. The summed E-state index contributed by atoms with van der Waals surface area (Å²) < 4.78 is 9.98. The van der Waals surface area contributed by atoms with Crippen molar-refractivity contribution in [3.8, 4) is 11.1 Å². The molecule has 0 bridgehead atoms. The summed E-state index contributed by atoms with van der Waals surface area (Å²) in [5.41, 5.74) is 3.21. The van der Waals surface area contributed by atoms with Crippen molar-refractivity contribution in [2.75, 3.05) is 14.2 Å². The lowest BCUT2D eigenvalue weighted by atomic mass is 9.78. The van der Waals surface area contributed by atoms with Gasteiger partial charge in [-0.3, -0.25) is 4.90 Å². The maximum Gasteiger partial charge on any atom is 0.331 e. The number of ether oxygens (including phenoxy) is 2. The Kier molecular flexibility index (Phi) is 4.89. The van der Waals surface area contributed by atoms with E-state index in [1.165, 1.54) is 19.1 Å². The quantitative estimate of drug-likeness (QED) is 0.628. The number of nitrogens with one attached hydrogen (secondary N) is 1. The van der Waals surface area contributed by atoms with Crippen molar-refractivity contribution in [1.82, 2.24) is 10.2 Å². The molecule has 3 aromatic rings. The zero-order chi connectivity index (χ0) is 23.2. The first-order valence-electron chi connectivity index (χ1n) is 10.6. The summed E-state index contributed by atoms with van der Waals surface area (Å²) >= 11 is 0. The minimum Gasteiger partial charge on any atom is -0.467 e. The van der Waals surface area contributed by atoms with Gasteiger partial charge in [-0.05, 0) is 27.8 Å². The third-order valence-corrected chi connectivity index (χ3v) is 6.47. The second kappa shape index (κ2) is 7.78. The van der Waals surface area contributed by atoms with E-state index in [1.807, 2.05) is 78.9 Å². The van der Waals surface area contributed by atoms with E-state index in [1.54, 1.807) is 0 Å². The van der Waals surface area contributed by atoms with Gasteiger partial charge < -0.3 is 14.8 Å². The van der Waals surface area contributed by atoms with E-state index in [0.717, 1.165) is 27.8 Å². The maximum absolute atomic E-state index is 13.6.